The van der Waals surface area contributed by atoms with E-state index in [9.17, 15) is 0 Å². The maximum Gasteiger partial charge on any atom is 0.188 e. The Morgan fingerprint density at radius 3 is 3.00 bits per heavy atom. The minimum absolute atomic E-state index is 0. The van der Waals surface area contributed by atoms with Crippen LogP contribution in [-0.2, 0) is 6.42 Å². The van der Waals surface area contributed by atoms with Gasteiger partial charge >= 0.3 is 0 Å². The van der Waals surface area contributed by atoms with E-state index in [1.807, 2.05) is 12.1 Å². The molecule has 146 valence electrons. The molecule has 8 heteroatoms. The van der Waals surface area contributed by atoms with Crippen molar-refractivity contribution in [1.29, 1.82) is 0 Å². The molecule has 0 aliphatic carbocycles. The van der Waals surface area contributed by atoms with Gasteiger partial charge < -0.3 is 20.5 Å². The van der Waals surface area contributed by atoms with Crippen LogP contribution in [0.5, 0.6) is 11.5 Å². The number of aliphatic imine (C=N–C) groups is 1. The lowest BCUT2D eigenvalue weighted by Crippen LogP contribution is -2.36. The van der Waals surface area contributed by atoms with Crippen molar-refractivity contribution in [2.24, 2.45) is 10.7 Å². The molecule has 0 bridgehead atoms. The molecule has 3 rings (SSSR count). The highest BCUT2D eigenvalue weighted by molar-refractivity contribution is 14.0. The second-order valence-corrected chi connectivity index (χ2v) is 6.84. The first-order valence-electron chi connectivity index (χ1n) is 9.03. The third kappa shape index (κ3) is 5.53. The average Bonchev–Trinajstić information content (AvgIpc) is 3.07. The summed E-state index contributed by atoms with van der Waals surface area (Å²) in [5.74, 6) is 1.87. The predicted molar refractivity (Wildman–Crippen MR) is 116 cm³/mol. The molecule has 0 saturated carbocycles. The van der Waals surface area contributed by atoms with E-state index in [1.165, 1.54) is 19.4 Å². The Morgan fingerprint density at radius 1 is 1.38 bits per heavy atom. The zero-order chi connectivity index (χ0) is 17.6. The van der Waals surface area contributed by atoms with Crippen molar-refractivity contribution in [2.45, 2.75) is 32.2 Å². The molecule has 0 aromatic heterocycles. The van der Waals surface area contributed by atoms with E-state index in [-0.39, 0.29) is 24.0 Å². The monoisotopic (exact) mass is 494 g/mol. The fourth-order valence-electron chi connectivity index (χ4n) is 3.42. The van der Waals surface area contributed by atoms with E-state index in [0.29, 0.717) is 42.5 Å². The minimum Gasteiger partial charge on any atom is -0.486 e. The maximum absolute atomic E-state index is 6.26. The lowest BCUT2D eigenvalue weighted by Gasteiger charge is -2.21. The standard InChI is InChI=1S/C18H27ClN4O2.HI/c1-2-23-7-3-4-14(23)12-22-18(20)21-6-5-13-10-15(19)17-16(11-13)24-8-9-25-17;/h10-11,14H,2-9,12H2,1H3,(H3,20,21,22);1H. The number of nitrogens with one attached hydrogen (secondary N) is 1. The van der Waals surface area contributed by atoms with Crippen molar-refractivity contribution in [3.8, 4) is 11.5 Å². The van der Waals surface area contributed by atoms with Gasteiger partial charge in [0.2, 0.25) is 0 Å². The number of rotatable bonds is 6. The molecule has 1 aromatic carbocycles. The highest BCUT2D eigenvalue weighted by atomic mass is 127. The Morgan fingerprint density at radius 2 is 2.19 bits per heavy atom. The van der Waals surface area contributed by atoms with Gasteiger partial charge in [0.1, 0.15) is 13.2 Å². The van der Waals surface area contributed by atoms with Crippen LogP contribution >= 0.6 is 35.6 Å². The summed E-state index contributed by atoms with van der Waals surface area (Å²) < 4.78 is 11.1. The molecular formula is C18H28ClIN4O2. The molecule has 2 heterocycles. The lowest BCUT2D eigenvalue weighted by molar-refractivity contribution is 0.171. The SMILES string of the molecule is CCN1CCCC1CN=C(N)NCCc1cc(Cl)c2c(c1)OCCO2.I. The molecule has 6 nitrogen and oxygen atoms in total. The largest absolute Gasteiger partial charge is 0.486 e. The smallest absolute Gasteiger partial charge is 0.188 e. The number of hydrogen-bond acceptors (Lipinski definition) is 4. The first-order valence-corrected chi connectivity index (χ1v) is 9.41. The van der Waals surface area contributed by atoms with Crippen molar-refractivity contribution in [2.75, 3.05) is 39.4 Å². The fourth-order valence-corrected chi connectivity index (χ4v) is 3.71. The van der Waals surface area contributed by atoms with Gasteiger partial charge in [0, 0.05) is 12.6 Å². The quantitative estimate of drug-likeness (QED) is 0.361. The van der Waals surface area contributed by atoms with Crippen LogP contribution in [0.25, 0.3) is 0 Å². The Balaban J connectivity index is 0.00000243. The third-order valence-corrected chi connectivity index (χ3v) is 5.03. The van der Waals surface area contributed by atoms with E-state index < -0.39 is 0 Å². The van der Waals surface area contributed by atoms with Gasteiger partial charge in [-0.15, -0.1) is 24.0 Å². The molecular weight excluding hydrogens is 467 g/mol. The van der Waals surface area contributed by atoms with E-state index in [4.69, 9.17) is 26.8 Å². The molecule has 1 atom stereocenters. The zero-order valence-corrected chi connectivity index (χ0v) is 18.3. The summed E-state index contributed by atoms with van der Waals surface area (Å²) in [6, 6.07) is 4.43. The number of fused-ring (bicyclic) bond motifs is 1. The summed E-state index contributed by atoms with van der Waals surface area (Å²) in [4.78, 5) is 6.96. The van der Waals surface area contributed by atoms with E-state index >= 15 is 0 Å². The van der Waals surface area contributed by atoms with Crippen LogP contribution in [0.2, 0.25) is 5.02 Å². The van der Waals surface area contributed by atoms with Crippen molar-refractivity contribution in [3.63, 3.8) is 0 Å². The first-order chi connectivity index (χ1) is 12.2. The lowest BCUT2D eigenvalue weighted by atomic mass is 10.1. The molecule has 2 aliphatic rings. The molecule has 2 aliphatic heterocycles. The Bertz CT molecular complexity index is 629. The van der Waals surface area contributed by atoms with Crippen molar-refractivity contribution in [3.05, 3.63) is 22.7 Å². The van der Waals surface area contributed by atoms with Crippen LogP contribution in [0.15, 0.2) is 17.1 Å². The van der Waals surface area contributed by atoms with Crippen LogP contribution < -0.4 is 20.5 Å². The number of benzene rings is 1. The van der Waals surface area contributed by atoms with Gasteiger partial charge in [-0.2, -0.15) is 0 Å². The van der Waals surface area contributed by atoms with Gasteiger partial charge in [-0.25, -0.2) is 0 Å². The minimum atomic E-state index is 0. The van der Waals surface area contributed by atoms with Gasteiger partial charge in [-0.05, 0) is 50.0 Å². The summed E-state index contributed by atoms with van der Waals surface area (Å²) in [5.41, 5.74) is 7.08. The summed E-state index contributed by atoms with van der Waals surface area (Å²) in [6.45, 7) is 7.02. The van der Waals surface area contributed by atoms with E-state index in [0.717, 1.165) is 30.8 Å². The van der Waals surface area contributed by atoms with E-state index in [2.05, 4.69) is 22.1 Å². The van der Waals surface area contributed by atoms with E-state index in [1.54, 1.807) is 0 Å². The van der Waals surface area contributed by atoms with Gasteiger partial charge in [0.25, 0.3) is 0 Å². The second kappa shape index (κ2) is 10.4. The number of nitrogens with two attached hydrogens (primary N) is 1. The van der Waals surface area contributed by atoms with Crippen molar-refractivity contribution in [1.82, 2.24) is 10.2 Å². The maximum atomic E-state index is 6.26. The topological polar surface area (TPSA) is 72.1 Å². The Labute approximate surface area is 177 Å². The van der Waals surface area contributed by atoms with Gasteiger partial charge in [0.15, 0.2) is 17.5 Å². The van der Waals surface area contributed by atoms with Crippen LogP contribution in [0.1, 0.15) is 25.3 Å². The fraction of sp³-hybridized carbons (Fsp3) is 0.611. The van der Waals surface area contributed by atoms with Crippen LogP contribution in [0, 0.1) is 0 Å². The molecule has 0 radical (unpaired) electrons. The highest BCUT2D eigenvalue weighted by Gasteiger charge is 2.22. The summed E-state index contributed by atoms with van der Waals surface area (Å²) in [5, 5.41) is 3.77. The zero-order valence-electron chi connectivity index (χ0n) is 15.2. The van der Waals surface area contributed by atoms with Gasteiger partial charge in [-0.1, -0.05) is 18.5 Å². The summed E-state index contributed by atoms with van der Waals surface area (Å²) in [7, 11) is 0. The molecule has 1 fully saturated rings. The first kappa shape index (κ1) is 21.4. The highest BCUT2D eigenvalue weighted by Crippen LogP contribution is 2.38. The average molecular weight is 495 g/mol. The number of ether oxygens (including phenoxy) is 2. The Kier molecular flexibility index (Phi) is 8.56. The van der Waals surface area contributed by atoms with Gasteiger partial charge in [0.05, 0.1) is 11.6 Å². The number of halogens is 2. The third-order valence-electron chi connectivity index (χ3n) is 4.75. The number of hydrogen-bond donors (Lipinski definition) is 2. The number of likely N-dealkylation sites (N-methyl/N-ethyl adjacent to an activating group) is 1. The molecule has 0 spiro atoms. The molecule has 1 unspecified atom stereocenters. The number of nitrogens with zero attached hydrogens (tertiary/aromatic N) is 2. The van der Waals surface area contributed by atoms with Crippen LogP contribution in [-0.4, -0.2) is 56.3 Å². The molecule has 0 amide bonds. The van der Waals surface area contributed by atoms with Crippen LogP contribution in [0.3, 0.4) is 0 Å². The second-order valence-electron chi connectivity index (χ2n) is 6.43. The molecule has 26 heavy (non-hydrogen) atoms. The normalized spacial score (nSPS) is 19.9. The van der Waals surface area contributed by atoms with Crippen LogP contribution in [0.4, 0.5) is 0 Å². The molecule has 1 aromatic rings. The van der Waals surface area contributed by atoms with Crippen molar-refractivity contribution < 1.29 is 9.47 Å². The molecule has 3 N–H and O–H groups in total. The van der Waals surface area contributed by atoms with Gasteiger partial charge in [-0.3, -0.25) is 9.89 Å². The molecule has 1 saturated heterocycles. The number of likely N-dealkylation sites (tertiary alicyclic amines) is 1. The predicted octanol–water partition coefficient (Wildman–Crippen LogP) is 2.66. The summed E-state index contributed by atoms with van der Waals surface area (Å²) >= 11 is 6.26. The van der Waals surface area contributed by atoms with Crippen molar-refractivity contribution >= 4 is 41.5 Å². The number of guanidine groups is 1. The Hall–Kier alpha value is -0.930. The summed E-state index contributed by atoms with van der Waals surface area (Å²) in [6.07, 6.45) is 3.25.